The number of aliphatic hydroxyl groups is 5. The van der Waals surface area contributed by atoms with Crippen LogP contribution in [0.4, 0.5) is 0 Å². The van der Waals surface area contributed by atoms with Gasteiger partial charge in [0.05, 0.1) is 30.0 Å². The monoisotopic (exact) mass is 619 g/mol. The molecule has 0 aromatic carbocycles. The van der Waals surface area contributed by atoms with E-state index < -0.39 is 111 Å². The molecule has 0 heterocycles. The van der Waals surface area contributed by atoms with Crippen LogP contribution >= 0.6 is 0 Å². The summed E-state index contributed by atoms with van der Waals surface area (Å²) < 4.78 is 0. The van der Waals surface area contributed by atoms with Gasteiger partial charge in [-0.3, -0.25) is 28.9 Å². The molecule has 0 bridgehead atoms. The van der Waals surface area contributed by atoms with Gasteiger partial charge in [0.1, 0.15) is 17.1 Å². The van der Waals surface area contributed by atoms with Crippen molar-refractivity contribution in [3.8, 4) is 0 Å². The van der Waals surface area contributed by atoms with Crippen LogP contribution in [-0.2, 0) is 24.0 Å². The molecule has 8 atom stereocenters. The zero-order chi connectivity index (χ0) is 33.4. The number of rotatable bonds is 6. The summed E-state index contributed by atoms with van der Waals surface area (Å²) >= 11 is 0. The molecule has 4 aliphatic rings. The van der Waals surface area contributed by atoms with E-state index in [9.17, 15) is 49.5 Å². The van der Waals surface area contributed by atoms with Crippen LogP contribution in [0.5, 0.6) is 0 Å². The van der Waals surface area contributed by atoms with Crippen molar-refractivity contribution < 1.29 is 49.5 Å². The average molecular weight is 620 g/mol. The van der Waals surface area contributed by atoms with Crippen molar-refractivity contribution in [1.29, 1.82) is 0 Å². The van der Waals surface area contributed by atoms with Gasteiger partial charge >= 0.3 is 0 Å². The standard InChI is InChI=1S/C29H41N5O10/c1-27(2,3)31-10-15(35)32-13-9-14(33(4)5)16-17(21(13)37)23(39)29(44)12(20(16)36)8-11-19(34(6)7)22(38)18(25(30)41)24(40)28(11,43)26(29)42/h9,11-12,14,16,19-20,31,36-37,40,43-44H,8,10H2,1-7H3,(H2,30,41)(H,32,35)/t11-,12?,14?,16?,19-,20?,28?,29?/m0/s1. The van der Waals surface area contributed by atoms with Gasteiger partial charge in [0.15, 0.2) is 17.0 Å². The third-order valence-electron chi connectivity index (χ3n) is 9.14. The minimum absolute atomic E-state index is 0.158. The molecule has 0 aromatic heterocycles. The molecule has 0 aromatic rings. The first-order chi connectivity index (χ1) is 20.1. The minimum atomic E-state index is -3.21. The summed E-state index contributed by atoms with van der Waals surface area (Å²) in [6.45, 7) is 5.36. The Morgan fingerprint density at radius 3 is 2.11 bits per heavy atom. The van der Waals surface area contributed by atoms with E-state index in [1.54, 1.807) is 19.0 Å². The first kappa shape index (κ1) is 33.4. The lowest BCUT2D eigenvalue weighted by Crippen LogP contribution is -2.77. The van der Waals surface area contributed by atoms with Gasteiger partial charge in [-0.05, 0) is 61.5 Å². The quantitative estimate of drug-likeness (QED) is 0.111. The fourth-order valence-electron chi connectivity index (χ4n) is 7.04. The van der Waals surface area contributed by atoms with Crippen molar-refractivity contribution in [3.05, 3.63) is 34.4 Å². The number of amides is 2. The van der Waals surface area contributed by atoms with Gasteiger partial charge in [0.2, 0.25) is 17.5 Å². The second-order valence-corrected chi connectivity index (χ2v) is 13.5. The molecule has 2 saturated carbocycles. The number of nitrogens with zero attached hydrogens (tertiary/aromatic N) is 2. The zero-order valence-electron chi connectivity index (χ0n) is 25.7. The summed E-state index contributed by atoms with van der Waals surface area (Å²) in [6, 6.07) is -2.24. The number of nitrogens with two attached hydrogens (primary N) is 1. The molecule has 15 heteroatoms. The number of Topliss-reactive ketones (excluding diaryl/α,β-unsaturated/α-hetero) is 3. The second kappa shape index (κ2) is 10.9. The normalized spacial score (nSPS) is 35.8. The number of primary amides is 1. The SMILES string of the molecule is CN(C)C1C=C(NC(=O)CNC(C)(C)C)C(O)=C2C(=O)C3(O)C(=O)C4(O)C(O)=C(C(N)=O)C(=O)[C@@H](N(C)C)[C@@H]4CC3C(O)C21. The summed E-state index contributed by atoms with van der Waals surface area (Å²) in [5.41, 5.74) is -3.25. The summed E-state index contributed by atoms with van der Waals surface area (Å²) in [6.07, 6.45) is -0.776. The van der Waals surface area contributed by atoms with Crippen molar-refractivity contribution >= 4 is 29.2 Å². The van der Waals surface area contributed by atoms with Gasteiger partial charge in [0.25, 0.3) is 5.91 Å². The van der Waals surface area contributed by atoms with Crippen LogP contribution in [0.15, 0.2) is 34.4 Å². The predicted octanol–water partition coefficient (Wildman–Crippen LogP) is -2.83. The van der Waals surface area contributed by atoms with Gasteiger partial charge in [-0.1, -0.05) is 0 Å². The molecule has 2 fully saturated rings. The first-order valence-corrected chi connectivity index (χ1v) is 14.2. The Kier molecular flexibility index (Phi) is 8.25. The molecule has 2 amide bonds. The highest BCUT2D eigenvalue weighted by atomic mass is 16.4. The maximum Gasteiger partial charge on any atom is 0.255 e. The van der Waals surface area contributed by atoms with Crippen molar-refractivity contribution in [3.63, 3.8) is 0 Å². The van der Waals surface area contributed by atoms with Crippen LogP contribution < -0.4 is 16.4 Å². The number of fused-ring (bicyclic) bond motifs is 3. The molecule has 4 rings (SSSR count). The zero-order valence-corrected chi connectivity index (χ0v) is 25.7. The third kappa shape index (κ3) is 4.78. The van der Waals surface area contributed by atoms with Gasteiger partial charge in [0, 0.05) is 29.3 Å². The lowest BCUT2D eigenvalue weighted by Gasteiger charge is -2.57. The lowest BCUT2D eigenvalue weighted by atomic mass is 9.49. The number of hydrogen-bond donors (Lipinski definition) is 8. The third-order valence-corrected chi connectivity index (χ3v) is 9.14. The van der Waals surface area contributed by atoms with Crippen molar-refractivity contribution in [2.24, 2.45) is 23.5 Å². The van der Waals surface area contributed by atoms with Crippen LogP contribution in [-0.4, -0.2) is 134 Å². The molecule has 0 saturated heterocycles. The fraction of sp³-hybridized carbons (Fsp3) is 0.621. The highest BCUT2D eigenvalue weighted by molar-refractivity contribution is 6.27. The second-order valence-electron chi connectivity index (χ2n) is 13.5. The summed E-state index contributed by atoms with van der Waals surface area (Å²) in [4.78, 5) is 69.5. The first-order valence-electron chi connectivity index (χ1n) is 14.2. The van der Waals surface area contributed by atoms with Crippen molar-refractivity contribution in [2.75, 3.05) is 34.7 Å². The summed E-state index contributed by atoms with van der Waals surface area (Å²) in [7, 11) is 6.11. The number of aliphatic hydroxyl groups excluding tert-OH is 3. The minimum Gasteiger partial charge on any atom is -0.508 e. The predicted molar refractivity (Wildman–Crippen MR) is 153 cm³/mol. The number of carbonyl (C=O) groups excluding carboxylic acids is 5. The van der Waals surface area contributed by atoms with Crippen molar-refractivity contribution in [2.45, 2.75) is 62.1 Å². The molecule has 0 aliphatic heterocycles. The Morgan fingerprint density at radius 1 is 1.02 bits per heavy atom. The number of hydrogen-bond acceptors (Lipinski definition) is 13. The lowest BCUT2D eigenvalue weighted by molar-refractivity contribution is -0.205. The summed E-state index contributed by atoms with van der Waals surface area (Å²) in [5, 5.41) is 63.3. The van der Waals surface area contributed by atoms with E-state index in [-0.39, 0.29) is 12.2 Å². The van der Waals surface area contributed by atoms with Crippen LogP contribution in [0, 0.1) is 17.8 Å². The topological polar surface area (TPSA) is 243 Å². The highest BCUT2D eigenvalue weighted by Crippen LogP contribution is 2.56. The number of carbonyl (C=O) groups is 5. The highest BCUT2D eigenvalue weighted by Gasteiger charge is 2.74. The van der Waals surface area contributed by atoms with Gasteiger partial charge in [-0.15, -0.1) is 0 Å². The van der Waals surface area contributed by atoms with Crippen molar-refractivity contribution in [1.82, 2.24) is 20.4 Å². The molecule has 44 heavy (non-hydrogen) atoms. The molecule has 4 aliphatic carbocycles. The fourth-order valence-corrected chi connectivity index (χ4v) is 7.04. The molecule has 0 spiro atoms. The maximum atomic E-state index is 14.2. The molecule has 242 valence electrons. The van der Waals surface area contributed by atoms with Crippen LogP contribution in [0.1, 0.15) is 27.2 Å². The molecular weight excluding hydrogens is 578 g/mol. The van der Waals surface area contributed by atoms with E-state index in [1.165, 1.54) is 25.1 Å². The summed E-state index contributed by atoms with van der Waals surface area (Å²) in [5.74, 6) is -12.5. The van der Waals surface area contributed by atoms with Gasteiger partial charge in [-0.25, -0.2) is 0 Å². The Balaban J connectivity index is 1.87. The molecular formula is C29H41N5O10. The Bertz CT molecular complexity index is 1430. The average Bonchev–Trinajstić information content (AvgIpc) is 2.90. The Hall–Kier alpha value is -3.47. The molecule has 15 nitrogen and oxygen atoms in total. The van der Waals surface area contributed by atoms with E-state index in [0.717, 1.165) is 0 Å². The Labute approximate surface area is 254 Å². The van der Waals surface area contributed by atoms with Crippen LogP contribution in [0.2, 0.25) is 0 Å². The van der Waals surface area contributed by atoms with Crippen LogP contribution in [0.25, 0.3) is 0 Å². The van der Waals surface area contributed by atoms with Crippen LogP contribution in [0.3, 0.4) is 0 Å². The molecule has 6 unspecified atom stereocenters. The maximum absolute atomic E-state index is 14.2. The van der Waals surface area contributed by atoms with E-state index in [4.69, 9.17) is 5.73 Å². The molecule has 0 radical (unpaired) electrons. The van der Waals surface area contributed by atoms with E-state index >= 15 is 0 Å². The number of ketones is 3. The van der Waals surface area contributed by atoms with E-state index in [1.807, 2.05) is 20.8 Å². The van der Waals surface area contributed by atoms with Gasteiger partial charge in [-0.2, -0.15) is 0 Å². The smallest absolute Gasteiger partial charge is 0.255 e. The van der Waals surface area contributed by atoms with E-state index in [0.29, 0.717) is 0 Å². The Morgan fingerprint density at radius 2 is 1.61 bits per heavy atom. The largest absolute Gasteiger partial charge is 0.508 e. The van der Waals surface area contributed by atoms with E-state index in [2.05, 4.69) is 10.6 Å². The number of nitrogens with one attached hydrogen (secondary N) is 2. The number of likely N-dealkylation sites (N-methyl/N-ethyl adjacent to an activating group) is 2. The van der Waals surface area contributed by atoms with Gasteiger partial charge < -0.3 is 46.8 Å². The molecule has 9 N–H and O–H groups in total.